The lowest BCUT2D eigenvalue weighted by Gasteiger charge is -2.13. The summed E-state index contributed by atoms with van der Waals surface area (Å²) in [4.78, 5) is 18.3. The first kappa shape index (κ1) is 25.5. The van der Waals surface area contributed by atoms with Crippen LogP contribution in [0.3, 0.4) is 0 Å². The first-order valence-corrected chi connectivity index (χ1v) is 13.1. The van der Waals surface area contributed by atoms with E-state index < -0.39 is 0 Å². The molecule has 0 atom stereocenters. The van der Waals surface area contributed by atoms with E-state index in [2.05, 4.69) is 21.0 Å². The van der Waals surface area contributed by atoms with Crippen molar-refractivity contribution in [1.29, 1.82) is 0 Å². The van der Waals surface area contributed by atoms with Gasteiger partial charge in [-0.05, 0) is 58.4 Å². The molecule has 0 radical (unpaired) electrons. The Hall–Kier alpha value is -4.76. The van der Waals surface area contributed by atoms with E-state index in [1.54, 1.807) is 48.5 Å². The third kappa shape index (κ3) is 4.87. The minimum atomic E-state index is -0.348. The van der Waals surface area contributed by atoms with Crippen LogP contribution in [0.5, 0.6) is 11.5 Å². The van der Waals surface area contributed by atoms with E-state index in [-0.39, 0.29) is 23.8 Å². The molecule has 0 saturated carbocycles. The Morgan fingerprint density at radius 3 is 2.60 bits per heavy atom. The smallest absolute Gasteiger partial charge is 0.282 e. The number of hydrogen-bond donors (Lipinski definition) is 0. The molecule has 2 heterocycles. The molecule has 0 unspecified atom stereocenters. The fourth-order valence-electron chi connectivity index (χ4n) is 4.30. The second-order valence-electron chi connectivity index (χ2n) is 8.87. The lowest BCUT2D eigenvalue weighted by atomic mass is 10.2. The maximum Gasteiger partial charge on any atom is 0.282 e. The van der Waals surface area contributed by atoms with Crippen molar-refractivity contribution >= 4 is 44.0 Å². The van der Waals surface area contributed by atoms with Crippen molar-refractivity contribution in [3.63, 3.8) is 0 Å². The Morgan fingerprint density at radius 1 is 1.00 bits per heavy atom. The molecule has 40 heavy (non-hydrogen) atoms. The van der Waals surface area contributed by atoms with Gasteiger partial charge in [0.15, 0.2) is 17.3 Å². The van der Waals surface area contributed by atoms with Crippen LogP contribution in [-0.2, 0) is 6.61 Å². The van der Waals surface area contributed by atoms with Gasteiger partial charge in [0.25, 0.3) is 5.56 Å². The maximum atomic E-state index is 14.0. The predicted octanol–water partition coefficient (Wildman–Crippen LogP) is 7.18. The molecular weight excluding hydrogens is 577 g/mol. The molecular formula is C31H21BrFN3O4. The molecule has 7 nitrogen and oxygen atoms in total. The molecule has 0 aliphatic heterocycles. The molecule has 0 amide bonds. The normalized spacial score (nSPS) is 11.5. The van der Waals surface area contributed by atoms with E-state index in [1.165, 1.54) is 24.1 Å². The van der Waals surface area contributed by atoms with Crippen LogP contribution in [0.25, 0.3) is 33.5 Å². The topological polar surface area (TPSA) is 78.9 Å². The highest BCUT2D eigenvalue weighted by atomic mass is 79.9. The summed E-state index contributed by atoms with van der Waals surface area (Å²) in [5.74, 6) is 1.17. The molecule has 0 bridgehead atoms. The Balaban J connectivity index is 1.40. The molecule has 198 valence electrons. The van der Waals surface area contributed by atoms with Gasteiger partial charge in [-0.1, -0.05) is 48.5 Å². The van der Waals surface area contributed by atoms with Gasteiger partial charge >= 0.3 is 0 Å². The summed E-state index contributed by atoms with van der Waals surface area (Å²) in [7, 11) is 1.51. The summed E-state index contributed by atoms with van der Waals surface area (Å²) in [6, 6.07) is 26.3. The van der Waals surface area contributed by atoms with Gasteiger partial charge in [0.1, 0.15) is 18.0 Å². The number of hydrogen-bond acceptors (Lipinski definition) is 6. The number of ether oxygens (including phenoxy) is 2. The zero-order valence-electron chi connectivity index (χ0n) is 21.2. The largest absolute Gasteiger partial charge is 0.493 e. The molecule has 6 rings (SSSR count). The van der Waals surface area contributed by atoms with Crippen LogP contribution in [0.4, 0.5) is 4.39 Å². The van der Waals surface area contributed by atoms with Crippen molar-refractivity contribution < 1.29 is 18.3 Å². The molecule has 0 spiro atoms. The van der Waals surface area contributed by atoms with E-state index in [4.69, 9.17) is 18.9 Å². The summed E-state index contributed by atoms with van der Waals surface area (Å²) >= 11 is 3.55. The van der Waals surface area contributed by atoms with E-state index in [9.17, 15) is 9.18 Å². The van der Waals surface area contributed by atoms with Gasteiger partial charge in [0.05, 0.1) is 24.2 Å². The highest BCUT2D eigenvalue weighted by molar-refractivity contribution is 9.10. The third-order valence-corrected chi connectivity index (χ3v) is 7.02. The zero-order chi connectivity index (χ0) is 27.6. The Labute approximate surface area is 236 Å². The quantitative estimate of drug-likeness (QED) is 0.182. The average Bonchev–Trinajstić information content (AvgIpc) is 3.41. The number of aromatic nitrogens is 2. The van der Waals surface area contributed by atoms with Gasteiger partial charge in [-0.2, -0.15) is 9.78 Å². The first-order chi connectivity index (χ1) is 19.5. The SMILES string of the molecule is COc1cc(C=Nn2c(-c3cc4ccccc4o3)nc3ccccc3c2=O)c(Br)cc1OCc1ccccc1F. The molecule has 0 N–H and O–H groups in total. The number of benzene rings is 4. The van der Waals surface area contributed by atoms with Gasteiger partial charge < -0.3 is 13.9 Å². The van der Waals surface area contributed by atoms with Crippen molar-refractivity contribution in [2.75, 3.05) is 7.11 Å². The van der Waals surface area contributed by atoms with Gasteiger partial charge in [0.2, 0.25) is 5.82 Å². The standard InChI is InChI=1S/C31H21BrFN3O4/c1-38-27-15-21(23(32)16-28(27)39-18-20-9-2-5-11-24(20)33)17-34-36-30(29-14-19-8-3-7-13-26(19)40-29)35-25-12-6-4-10-22(25)31(36)37/h2-17H,18H2,1H3. The fraction of sp³-hybridized carbons (Fsp3) is 0.0645. The third-order valence-electron chi connectivity index (χ3n) is 6.34. The van der Waals surface area contributed by atoms with Crippen LogP contribution in [0.2, 0.25) is 0 Å². The molecule has 6 aromatic rings. The second-order valence-corrected chi connectivity index (χ2v) is 9.72. The number of nitrogens with zero attached hydrogens (tertiary/aromatic N) is 3. The van der Waals surface area contributed by atoms with Crippen molar-refractivity contribution in [3.8, 4) is 23.1 Å². The van der Waals surface area contributed by atoms with Crippen LogP contribution in [-0.4, -0.2) is 23.0 Å². The van der Waals surface area contributed by atoms with Crippen LogP contribution >= 0.6 is 15.9 Å². The van der Waals surface area contributed by atoms with Gasteiger partial charge in [-0.3, -0.25) is 4.79 Å². The van der Waals surface area contributed by atoms with E-state index in [0.29, 0.717) is 49.3 Å². The number of furan rings is 1. The van der Waals surface area contributed by atoms with Crippen LogP contribution in [0.15, 0.2) is 110 Å². The number of methoxy groups -OCH3 is 1. The summed E-state index contributed by atoms with van der Waals surface area (Å²) in [6.45, 7) is 0.0297. The van der Waals surface area contributed by atoms with E-state index >= 15 is 0 Å². The minimum Gasteiger partial charge on any atom is -0.493 e. The van der Waals surface area contributed by atoms with Gasteiger partial charge in [0, 0.05) is 21.0 Å². The Bertz CT molecular complexity index is 1930. The van der Waals surface area contributed by atoms with Crippen LogP contribution in [0.1, 0.15) is 11.1 Å². The van der Waals surface area contributed by atoms with Crippen molar-refractivity contribution in [1.82, 2.24) is 9.66 Å². The lowest BCUT2D eigenvalue weighted by molar-refractivity contribution is 0.279. The molecule has 2 aromatic heterocycles. The van der Waals surface area contributed by atoms with Crippen LogP contribution < -0.4 is 15.0 Å². The van der Waals surface area contributed by atoms with Crippen molar-refractivity contribution in [3.05, 3.63) is 123 Å². The molecule has 9 heteroatoms. The van der Waals surface area contributed by atoms with Crippen molar-refractivity contribution in [2.45, 2.75) is 6.61 Å². The zero-order valence-corrected chi connectivity index (χ0v) is 22.8. The van der Waals surface area contributed by atoms with Crippen LogP contribution in [0, 0.1) is 5.82 Å². The average molecular weight is 598 g/mol. The van der Waals surface area contributed by atoms with Gasteiger partial charge in [-0.15, -0.1) is 0 Å². The highest BCUT2D eigenvalue weighted by Gasteiger charge is 2.17. The molecule has 0 fully saturated rings. The summed E-state index contributed by atoms with van der Waals surface area (Å²) in [5, 5.41) is 5.83. The number of halogens is 2. The van der Waals surface area contributed by atoms with Gasteiger partial charge in [-0.25, -0.2) is 9.37 Å². The number of fused-ring (bicyclic) bond motifs is 2. The Morgan fingerprint density at radius 2 is 1.77 bits per heavy atom. The van der Waals surface area contributed by atoms with Crippen molar-refractivity contribution in [2.24, 2.45) is 5.10 Å². The first-order valence-electron chi connectivity index (χ1n) is 12.3. The predicted molar refractivity (Wildman–Crippen MR) is 156 cm³/mol. The number of para-hydroxylation sites is 2. The van der Waals surface area contributed by atoms with E-state index in [0.717, 1.165) is 5.39 Å². The fourth-order valence-corrected chi connectivity index (χ4v) is 4.72. The maximum absolute atomic E-state index is 14.0. The Kier molecular flexibility index (Phi) is 6.88. The second kappa shape index (κ2) is 10.8. The molecule has 4 aromatic carbocycles. The summed E-state index contributed by atoms with van der Waals surface area (Å²) in [5.41, 5.74) is 1.91. The molecule has 0 aliphatic carbocycles. The molecule has 0 aliphatic rings. The minimum absolute atomic E-state index is 0.0297. The monoisotopic (exact) mass is 597 g/mol. The lowest BCUT2D eigenvalue weighted by Crippen LogP contribution is -2.20. The summed E-state index contributed by atoms with van der Waals surface area (Å²) in [6.07, 6.45) is 1.53. The van der Waals surface area contributed by atoms with E-state index in [1.807, 2.05) is 36.4 Å². The number of rotatable bonds is 7. The summed E-state index contributed by atoms with van der Waals surface area (Å²) < 4.78 is 33.3. The molecule has 0 saturated heterocycles. The highest BCUT2D eigenvalue weighted by Crippen LogP contribution is 2.34.